The Morgan fingerprint density at radius 3 is 3.11 bits per heavy atom. The minimum Gasteiger partial charge on any atom is -0.252 e. The molecule has 3 nitrogen and oxygen atoms in total. The maximum absolute atomic E-state index is 3.95. The molecule has 1 rings (SSSR count). The normalized spacial score (nSPS) is 9.89. The van der Waals surface area contributed by atoms with Gasteiger partial charge < -0.3 is 0 Å². The molecule has 0 atom stereocenters. The summed E-state index contributed by atoms with van der Waals surface area (Å²) in [6, 6.07) is 0. The van der Waals surface area contributed by atoms with Crippen LogP contribution >= 0.6 is 11.8 Å². The summed E-state index contributed by atoms with van der Waals surface area (Å²) in [5.74, 6) is 1.10. The molecule has 0 amide bonds. The van der Waals surface area contributed by atoms with Crippen molar-refractivity contribution < 1.29 is 0 Å². The van der Waals surface area contributed by atoms with Crippen LogP contribution in [0.4, 0.5) is 0 Å². The first-order chi connectivity index (χ1) is 4.43. The van der Waals surface area contributed by atoms with Crippen LogP contribution in [0.2, 0.25) is 0 Å². The van der Waals surface area contributed by atoms with E-state index in [1.165, 1.54) is 0 Å². The SMILES string of the molecule is CSCCn1cncn1. The second kappa shape index (κ2) is 3.50. The predicted octanol–water partition coefficient (Wildman–Crippen LogP) is 0.641. The highest BCUT2D eigenvalue weighted by molar-refractivity contribution is 7.98. The van der Waals surface area contributed by atoms with Gasteiger partial charge in [0.2, 0.25) is 0 Å². The van der Waals surface area contributed by atoms with Crippen LogP contribution in [-0.4, -0.2) is 26.8 Å². The summed E-state index contributed by atoms with van der Waals surface area (Å²) in [5, 5.41) is 3.95. The molecule has 0 aliphatic heterocycles. The van der Waals surface area contributed by atoms with Gasteiger partial charge in [-0.05, 0) is 6.26 Å². The van der Waals surface area contributed by atoms with Gasteiger partial charge in [0.1, 0.15) is 12.7 Å². The van der Waals surface area contributed by atoms with Crippen molar-refractivity contribution in [3.05, 3.63) is 12.7 Å². The van der Waals surface area contributed by atoms with E-state index in [4.69, 9.17) is 0 Å². The molecular formula is C5H9N3S. The Bertz CT molecular complexity index is 149. The van der Waals surface area contributed by atoms with Crippen LogP contribution in [0.3, 0.4) is 0 Å². The molecule has 0 spiro atoms. The standard InChI is InChI=1S/C5H9N3S/c1-9-3-2-8-5-6-4-7-8/h4-5H,2-3H2,1H3. The van der Waals surface area contributed by atoms with Crippen LogP contribution in [0.1, 0.15) is 0 Å². The highest BCUT2D eigenvalue weighted by Gasteiger charge is 1.86. The summed E-state index contributed by atoms with van der Waals surface area (Å²) >= 11 is 1.81. The summed E-state index contributed by atoms with van der Waals surface area (Å²) in [7, 11) is 0. The van der Waals surface area contributed by atoms with E-state index in [0.717, 1.165) is 12.3 Å². The first kappa shape index (κ1) is 6.61. The largest absolute Gasteiger partial charge is 0.252 e. The molecule has 0 bridgehead atoms. The zero-order valence-corrected chi connectivity index (χ0v) is 6.14. The van der Waals surface area contributed by atoms with E-state index in [9.17, 15) is 0 Å². The van der Waals surface area contributed by atoms with Gasteiger partial charge in [-0.2, -0.15) is 16.9 Å². The average Bonchev–Trinajstić information content (AvgIpc) is 2.34. The van der Waals surface area contributed by atoms with Gasteiger partial charge in [-0.1, -0.05) is 0 Å². The third kappa shape index (κ3) is 2.05. The molecule has 1 aromatic heterocycles. The molecule has 0 aliphatic carbocycles. The number of hydrogen-bond donors (Lipinski definition) is 0. The Morgan fingerprint density at radius 2 is 2.56 bits per heavy atom. The van der Waals surface area contributed by atoms with E-state index in [-0.39, 0.29) is 0 Å². The van der Waals surface area contributed by atoms with Crippen molar-refractivity contribution in [1.29, 1.82) is 0 Å². The Labute approximate surface area is 58.5 Å². The molecule has 0 aliphatic rings. The number of nitrogens with zero attached hydrogens (tertiary/aromatic N) is 3. The highest BCUT2D eigenvalue weighted by Crippen LogP contribution is 1.91. The average molecular weight is 143 g/mol. The quantitative estimate of drug-likeness (QED) is 0.622. The van der Waals surface area contributed by atoms with Crippen molar-refractivity contribution >= 4 is 11.8 Å². The third-order valence-electron chi connectivity index (χ3n) is 0.991. The molecule has 0 fully saturated rings. The molecule has 50 valence electrons. The Kier molecular flexibility index (Phi) is 2.57. The fraction of sp³-hybridized carbons (Fsp3) is 0.600. The highest BCUT2D eigenvalue weighted by atomic mass is 32.2. The summed E-state index contributed by atoms with van der Waals surface area (Å²) in [4.78, 5) is 3.82. The smallest absolute Gasteiger partial charge is 0.137 e. The first-order valence-electron chi connectivity index (χ1n) is 2.75. The van der Waals surface area contributed by atoms with Gasteiger partial charge >= 0.3 is 0 Å². The van der Waals surface area contributed by atoms with Crippen molar-refractivity contribution in [1.82, 2.24) is 14.8 Å². The van der Waals surface area contributed by atoms with Gasteiger partial charge in [0, 0.05) is 5.75 Å². The number of hydrogen-bond acceptors (Lipinski definition) is 3. The topological polar surface area (TPSA) is 30.7 Å². The van der Waals surface area contributed by atoms with Crippen molar-refractivity contribution in [2.75, 3.05) is 12.0 Å². The van der Waals surface area contributed by atoms with Gasteiger partial charge in [-0.15, -0.1) is 0 Å². The van der Waals surface area contributed by atoms with Crippen molar-refractivity contribution in [3.8, 4) is 0 Å². The summed E-state index contributed by atoms with van der Waals surface area (Å²) in [6.45, 7) is 0.959. The first-order valence-corrected chi connectivity index (χ1v) is 4.14. The lowest BCUT2D eigenvalue weighted by molar-refractivity contribution is 0.665. The van der Waals surface area contributed by atoms with E-state index < -0.39 is 0 Å². The van der Waals surface area contributed by atoms with E-state index in [0.29, 0.717) is 0 Å². The van der Waals surface area contributed by atoms with E-state index in [1.807, 2.05) is 16.4 Å². The molecule has 9 heavy (non-hydrogen) atoms. The molecule has 1 heterocycles. The minimum absolute atomic E-state index is 0.959. The maximum Gasteiger partial charge on any atom is 0.137 e. The van der Waals surface area contributed by atoms with Crippen molar-refractivity contribution in [2.45, 2.75) is 6.54 Å². The summed E-state index contributed by atoms with van der Waals surface area (Å²) in [5.41, 5.74) is 0. The monoisotopic (exact) mass is 143 g/mol. The van der Waals surface area contributed by atoms with Crippen molar-refractivity contribution in [2.24, 2.45) is 0 Å². The van der Waals surface area contributed by atoms with Crippen LogP contribution in [-0.2, 0) is 6.54 Å². The lowest BCUT2D eigenvalue weighted by atomic mass is 10.8. The Morgan fingerprint density at radius 1 is 1.67 bits per heavy atom. The minimum atomic E-state index is 0.959. The number of aryl methyl sites for hydroxylation is 1. The fourth-order valence-corrected chi connectivity index (χ4v) is 0.903. The molecule has 0 saturated heterocycles. The zero-order valence-electron chi connectivity index (χ0n) is 5.32. The maximum atomic E-state index is 3.95. The van der Waals surface area contributed by atoms with Gasteiger partial charge in [-0.25, -0.2) is 4.98 Å². The Balaban J connectivity index is 2.30. The molecule has 0 N–H and O–H groups in total. The summed E-state index contributed by atoms with van der Waals surface area (Å²) in [6.07, 6.45) is 5.37. The molecule has 0 saturated carbocycles. The number of thioether (sulfide) groups is 1. The molecule has 0 aromatic carbocycles. The molecule has 4 heteroatoms. The molecule has 0 radical (unpaired) electrons. The van der Waals surface area contributed by atoms with Gasteiger partial charge in [0.25, 0.3) is 0 Å². The van der Waals surface area contributed by atoms with E-state index in [1.54, 1.807) is 12.7 Å². The van der Waals surface area contributed by atoms with Crippen LogP contribution in [0.25, 0.3) is 0 Å². The summed E-state index contributed by atoms with van der Waals surface area (Å²) < 4.78 is 1.83. The number of aromatic nitrogens is 3. The van der Waals surface area contributed by atoms with Gasteiger partial charge in [0.15, 0.2) is 0 Å². The van der Waals surface area contributed by atoms with Crippen molar-refractivity contribution in [3.63, 3.8) is 0 Å². The van der Waals surface area contributed by atoms with E-state index in [2.05, 4.69) is 16.3 Å². The van der Waals surface area contributed by atoms with Crippen LogP contribution in [0, 0.1) is 0 Å². The fourth-order valence-electron chi connectivity index (χ4n) is 0.533. The number of rotatable bonds is 3. The second-order valence-electron chi connectivity index (χ2n) is 1.65. The molecule has 1 aromatic rings. The second-order valence-corrected chi connectivity index (χ2v) is 2.64. The van der Waals surface area contributed by atoms with Gasteiger partial charge in [0.05, 0.1) is 6.54 Å². The van der Waals surface area contributed by atoms with Crippen LogP contribution < -0.4 is 0 Å². The lowest BCUT2D eigenvalue weighted by Crippen LogP contribution is -1.99. The molecular weight excluding hydrogens is 134 g/mol. The predicted molar refractivity (Wildman–Crippen MR) is 38.4 cm³/mol. The molecule has 0 unspecified atom stereocenters. The Hall–Kier alpha value is -0.510. The van der Waals surface area contributed by atoms with Crippen LogP contribution in [0.15, 0.2) is 12.7 Å². The third-order valence-corrected chi connectivity index (χ3v) is 1.58. The lowest BCUT2D eigenvalue weighted by Gasteiger charge is -1.94. The van der Waals surface area contributed by atoms with Gasteiger partial charge in [-0.3, -0.25) is 4.68 Å². The zero-order chi connectivity index (χ0) is 6.53. The van der Waals surface area contributed by atoms with E-state index >= 15 is 0 Å². The van der Waals surface area contributed by atoms with Crippen LogP contribution in [0.5, 0.6) is 0 Å².